The molecule has 2 aliphatic heterocycles. The molecule has 0 unspecified atom stereocenters. The van der Waals surface area contributed by atoms with Gasteiger partial charge in [0.25, 0.3) is 0 Å². The second-order valence-electron chi connectivity index (χ2n) is 4.63. The van der Waals surface area contributed by atoms with Crippen LogP contribution in [0.1, 0.15) is 24.1 Å². The van der Waals surface area contributed by atoms with Crippen molar-refractivity contribution in [3.8, 4) is 0 Å². The lowest BCUT2D eigenvalue weighted by atomic mass is 10.0. The fraction of sp³-hybridized carbons (Fsp3) is 0.727. The highest BCUT2D eigenvalue weighted by Gasteiger charge is 2.27. The van der Waals surface area contributed by atoms with Crippen LogP contribution in [0.15, 0.2) is 0 Å². The number of fused-ring (bicyclic) bond motifs is 1. The van der Waals surface area contributed by atoms with Gasteiger partial charge in [0.15, 0.2) is 0 Å². The maximum atomic E-state index is 5.86. The maximum Gasteiger partial charge on any atom is 0.149 e. The fourth-order valence-electron chi connectivity index (χ4n) is 2.70. The predicted octanol–water partition coefficient (Wildman–Crippen LogP) is 0.529. The molecule has 1 fully saturated rings. The summed E-state index contributed by atoms with van der Waals surface area (Å²) in [6.45, 7) is 3.85. The molecule has 0 aromatic carbocycles. The molecule has 0 bridgehead atoms. The van der Waals surface area contributed by atoms with Gasteiger partial charge in [-0.25, -0.2) is 0 Å². The first kappa shape index (κ1) is 10.1. The highest BCUT2D eigenvalue weighted by atomic mass is 16.5. The zero-order valence-corrected chi connectivity index (χ0v) is 9.41. The molecule has 5 nitrogen and oxygen atoms in total. The van der Waals surface area contributed by atoms with Crippen LogP contribution < -0.4 is 5.73 Å². The number of hydrogen-bond acceptors (Lipinski definition) is 4. The van der Waals surface area contributed by atoms with Crippen molar-refractivity contribution in [3.05, 3.63) is 11.3 Å². The number of nitrogens with one attached hydrogen (secondary N) is 1. The average Bonchev–Trinajstić information content (AvgIpc) is 2.72. The SMILES string of the molecule is Nc1n[nH]c2c1CN(C1CCOCC1)CC2. The van der Waals surface area contributed by atoms with E-state index in [4.69, 9.17) is 10.5 Å². The minimum Gasteiger partial charge on any atom is -0.382 e. The Balaban J connectivity index is 1.73. The Bertz CT molecular complexity index is 370. The normalized spacial score (nSPS) is 23.2. The highest BCUT2D eigenvalue weighted by Crippen LogP contribution is 2.25. The van der Waals surface area contributed by atoms with Crippen molar-refractivity contribution in [1.29, 1.82) is 0 Å². The van der Waals surface area contributed by atoms with Crippen LogP contribution in [0, 0.1) is 0 Å². The molecule has 5 heteroatoms. The van der Waals surface area contributed by atoms with Gasteiger partial charge in [0.1, 0.15) is 5.82 Å². The van der Waals surface area contributed by atoms with Crippen molar-refractivity contribution in [3.63, 3.8) is 0 Å². The molecule has 1 aromatic rings. The third-order valence-corrected chi connectivity index (χ3v) is 3.70. The van der Waals surface area contributed by atoms with E-state index in [0.29, 0.717) is 11.9 Å². The molecule has 2 aliphatic rings. The zero-order chi connectivity index (χ0) is 11.0. The second-order valence-corrected chi connectivity index (χ2v) is 4.63. The molecule has 16 heavy (non-hydrogen) atoms. The number of ether oxygens (including phenoxy) is 1. The van der Waals surface area contributed by atoms with E-state index in [1.807, 2.05) is 0 Å². The summed E-state index contributed by atoms with van der Waals surface area (Å²) in [4.78, 5) is 2.52. The van der Waals surface area contributed by atoms with Gasteiger partial charge < -0.3 is 10.5 Å². The molecule has 0 radical (unpaired) electrons. The zero-order valence-electron chi connectivity index (χ0n) is 9.41. The first-order valence-corrected chi connectivity index (χ1v) is 5.98. The molecule has 0 saturated carbocycles. The van der Waals surface area contributed by atoms with Gasteiger partial charge >= 0.3 is 0 Å². The third-order valence-electron chi connectivity index (χ3n) is 3.70. The van der Waals surface area contributed by atoms with Crippen LogP contribution in [0.25, 0.3) is 0 Å². The van der Waals surface area contributed by atoms with Crippen LogP contribution in [-0.2, 0) is 17.7 Å². The molecule has 1 saturated heterocycles. The summed E-state index contributed by atoms with van der Waals surface area (Å²) in [6, 6.07) is 0.663. The van der Waals surface area contributed by atoms with E-state index in [1.54, 1.807) is 0 Å². The number of hydrogen-bond donors (Lipinski definition) is 2. The van der Waals surface area contributed by atoms with Crippen molar-refractivity contribution in [2.45, 2.75) is 31.8 Å². The van der Waals surface area contributed by atoms with Gasteiger partial charge in [-0.3, -0.25) is 10.00 Å². The second kappa shape index (κ2) is 4.07. The number of nitrogens with two attached hydrogens (primary N) is 1. The van der Waals surface area contributed by atoms with Crippen molar-refractivity contribution < 1.29 is 4.74 Å². The molecule has 0 spiro atoms. The van der Waals surface area contributed by atoms with Gasteiger partial charge in [0.2, 0.25) is 0 Å². The molecule has 0 atom stereocenters. The van der Waals surface area contributed by atoms with Crippen LogP contribution in [0.2, 0.25) is 0 Å². The van der Waals surface area contributed by atoms with Crippen LogP contribution in [0.3, 0.4) is 0 Å². The average molecular weight is 222 g/mol. The van der Waals surface area contributed by atoms with Gasteiger partial charge in [-0.05, 0) is 12.8 Å². The Morgan fingerprint density at radius 3 is 3.00 bits per heavy atom. The Kier molecular flexibility index (Phi) is 2.57. The minimum atomic E-state index is 0.663. The fourth-order valence-corrected chi connectivity index (χ4v) is 2.70. The quantitative estimate of drug-likeness (QED) is 0.727. The van der Waals surface area contributed by atoms with E-state index in [1.165, 1.54) is 11.3 Å². The molecular weight excluding hydrogens is 204 g/mol. The van der Waals surface area contributed by atoms with Gasteiger partial charge in [-0.15, -0.1) is 0 Å². The number of H-pyrrole nitrogens is 1. The first-order chi connectivity index (χ1) is 7.84. The number of nitrogen functional groups attached to an aromatic ring is 1. The van der Waals surface area contributed by atoms with E-state index in [-0.39, 0.29) is 0 Å². The van der Waals surface area contributed by atoms with Crippen molar-refractivity contribution in [2.24, 2.45) is 0 Å². The largest absolute Gasteiger partial charge is 0.382 e. The highest BCUT2D eigenvalue weighted by molar-refractivity contribution is 5.43. The van der Waals surface area contributed by atoms with Crippen LogP contribution in [0.4, 0.5) is 5.82 Å². The summed E-state index contributed by atoms with van der Waals surface area (Å²) in [7, 11) is 0. The van der Waals surface area contributed by atoms with Gasteiger partial charge in [-0.1, -0.05) is 0 Å². The molecule has 88 valence electrons. The Hall–Kier alpha value is -1.07. The number of rotatable bonds is 1. The van der Waals surface area contributed by atoms with Gasteiger partial charge in [0, 0.05) is 50.0 Å². The minimum absolute atomic E-state index is 0.663. The Labute approximate surface area is 94.9 Å². The Morgan fingerprint density at radius 1 is 1.38 bits per heavy atom. The first-order valence-electron chi connectivity index (χ1n) is 5.98. The van der Waals surface area contributed by atoms with Gasteiger partial charge in [0.05, 0.1) is 0 Å². The van der Waals surface area contributed by atoms with Crippen molar-refractivity contribution >= 4 is 5.82 Å². The molecule has 0 amide bonds. The maximum absolute atomic E-state index is 5.86. The molecular formula is C11H18N4O. The summed E-state index contributed by atoms with van der Waals surface area (Å²) < 4.78 is 5.40. The van der Waals surface area contributed by atoms with Crippen molar-refractivity contribution in [2.75, 3.05) is 25.5 Å². The summed E-state index contributed by atoms with van der Waals surface area (Å²) in [5.74, 6) is 0.673. The van der Waals surface area contributed by atoms with Gasteiger partial charge in [-0.2, -0.15) is 5.10 Å². The lowest BCUT2D eigenvalue weighted by Gasteiger charge is -2.36. The van der Waals surface area contributed by atoms with Crippen molar-refractivity contribution in [1.82, 2.24) is 15.1 Å². The molecule has 3 heterocycles. The number of aromatic nitrogens is 2. The van der Waals surface area contributed by atoms with E-state index >= 15 is 0 Å². The lowest BCUT2D eigenvalue weighted by molar-refractivity contribution is 0.0290. The monoisotopic (exact) mass is 222 g/mol. The summed E-state index contributed by atoms with van der Waals surface area (Å²) in [6.07, 6.45) is 3.33. The van der Waals surface area contributed by atoms with E-state index in [0.717, 1.165) is 45.6 Å². The van der Waals surface area contributed by atoms with Crippen LogP contribution >= 0.6 is 0 Å². The summed E-state index contributed by atoms with van der Waals surface area (Å²) in [5.41, 5.74) is 8.29. The number of aromatic amines is 1. The lowest BCUT2D eigenvalue weighted by Crippen LogP contribution is -2.42. The number of nitrogens with zero attached hydrogens (tertiary/aromatic N) is 2. The Morgan fingerprint density at radius 2 is 2.19 bits per heavy atom. The topological polar surface area (TPSA) is 67.2 Å². The standard InChI is InChI=1S/C11H18N4O/c12-11-9-7-15(4-1-10(9)13-14-11)8-2-5-16-6-3-8/h8H,1-7H2,(H3,12,13,14). The van der Waals surface area contributed by atoms with Crippen LogP contribution in [-0.4, -0.2) is 40.9 Å². The van der Waals surface area contributed by atoms with Crippen LogP contribution in [0.5, 0.6) is 0 Å². The van der Waals surface area contributed by atoms with E-state index < -0.39 is 0 Å². The van der Waals surface area contributed by atoms with E-state index in [2.05, 4.69) is 15.1 Å². The smallest absolute Gasteiger partial charge is 0.149 e. The van der Waals surface area contributed by atoms with E-state index in [9.17, 15) is 0 Å². The molecule has 0 aliphatic carbocycles. The predicted molar refractivity (Wildman–Crippen MR) is 61.0 cm³/mol. The summed E-state index contributed by atoms with van der Waals surface area (Å²) in [5, 5.41) is 7.10. The molecule has 1 aromatic heterocycles. The molecule has 3 N–H and O–H groups in total. The third kappa shape index (κ3) is 1.70. The summed E-state index contributed by atoms with van der Waals surface area (Å²) >= 11 is 0. The number of anilines is 1. The molecule has 3 rings (SSSR count).